The van der Waals surface area contributed by atoms with Gasteiger partial charge in [0.15, 0.2) is 0 Å². The fraction of sp³-hybridized carbons (Fsp3) is 0. The van der Waals surface area contributed by atoms with Crippen LogP contribution in [0.5, 0.6) is 0 Å². The molecule has 0 aliphatic heterocycles. The third-order valence-corrected chi connectivity index (χ3v) is 2.68. The summed E-state index contributed by atoms with van der Waals surface area (Å²) in [4.78, 5) is 20.4. The Labute approximate surface area is 114 Å². The van der Waals surface area contributed by atoms with Crippen LogP contribution in [0.25, 0.3) is 12.2 Å². The molecule has 0 radical (unpaired) electrons. The minimum absolute atomic E-state index is 0.202. The molecule has 0 heterocycles. The van der Waals surface area contributed by atoms with Crippen LogP contribution in [0.2, 0.25) is 0 Å². The fourth-order valence-electron chi connectivity index (χ4n) is 1.78. The van der Waals surface area contributed by atoms with E-state index in [1.165, 1.54) is 18.2 Å². The molecule has 0 saturated carbocycles. The van der Waals surface area contributed by atoms with Crippen molar-refractivity contribution in [1.29, 1.82) is 0 Å². The molecule has 20 heavy (non-hydrogen) atoms. The molecule has 0 aromatic heterocycles. The van der Waals surface area contributed by atoms with E-state index in [0.717, 1.165) is 11.6 Å². The van der Waals surface area contributed by atoms with Gasteiger partial charge in [0.2, 0.25) is 0 Å². The average molecular weight is 270 g/mol. The maximum Gasteiger partial charge on any atom is 0.353 e. The van der Waals surface area contributed by atoms with Crippen molar-refractivity contribution in [3.05, 3.63) is 79.9 Å². The molecule has 0 bridgehead atoms. The van der Waals surface area contributed by atoms with E-state index in [4.69, 9.17) is 0 Å². The van der Waals surface area contributed by atoms with Crippen LogP contribution in [0, 0.1) is 20.2 Å². The molecule has 0 aliphatic carbocycles. The number of para-hydroxylation sites is 1. The predicted molar refractivity (Wildman–Crippen MR) is 75.1 cm³/mol. The Balaban J connectivity index is 2.47. The van der Waals surface area contributed by atoms with Crippen molar-refractivity contribution in [1.82, 2.24) is 0 Å². The Hall–Kier alpha value is -3.02. The Kier molecular flexibility index (Phi) is 3.85. The van der Waals surface area contributed by atoms with Gasteiger partial charge in [-0.3, -0.25) is 20.2 Å². The average Bonchev–Trinajstić information content (AvgIpc) is 2.45. The zero-order valence-corrected chi connectivity index (χ0v) is 10.3. The van der Waals surface area contributed by atoms with Crippen LogP contribution < -0.4 is 0 Å². The summed E-state index contributed by atoms with van der Waals surface area (Å²) in [6.07, 6.45) is 3.17. The van der Waals surface area contributed by atoms with E-state index < -0.39 is 21.2 Å². The van der Waals surface area contributed by atoms with Crippen LogP contribution in [-0.2, 0) is 0 Å². The van der Waals surface area contributed by atoms with Gasteiger partial charge in [-0.2, -0.15) is 0 Å². The van der Waals surface area contributed by atoms with Crippen molar-refractivity contribution in [2.24, 2.45) is 0 Å². The third-order valence-electron chi connectivity index (χ3n) is 2.68. The highest BCUT2D eigenvalue weighted by Crippen LogP contribution is 2.31. The van der Waals surface area contributed by atoms with Crippen LogP contribution in [0.1, 0.15) is 11.1 Å². The summed E-state index contributed by atoms with van der Waals surface area (Å²) in [6, 6.07) is 13.2. The fourth-order valence-corrected chi connectivity index (χ4v) is 1.78. The summed E-state index contributed by atoms with van der Waals surface area (Å²) in [7, 11) is 0. The van der Waals surface area contributed by atoms with E-state index >= 15 is 0 Å². The third kappa shape index (κ3) is 2.86. The number of nitrogens with zero attached hydrogens (tertiary/aromatic N) is 2. The predicted octanol–water partition coefficient (Wildman–Crippen LogP) is 3.67. The maximum absolute atomic E-state index is 11.0. The van der Waals surface area contributed by atoms with Gasteiger partial charge in [0.1, 0.15) is 0 Å². The molecule has 0 aliphatic rings. The molecule has 0 fully saturated rings. The highest BCUT2D eigenvalue weighted by atomic mass is 16.6. The van der Waals surface area contributed by atoms with Crippen molar-refractivity contribution >= 4 is 23.5 Å². The van der Waals surface area contributed by atoms with Gasteiger partial charge in [0, 0.05) is 6.07 Å². The first kappa shape index (κ1) is 13.4. The molecular weight excluding hydrogens is 260 g/mol. The van der Waals surface area contributed by atoms with Gasteiger partial charge in [-0.05, 0) is 17.7 Å². The highest BCUT2D eigenvalue weighted by molar-refractivity contribution is 5.77. The van der Waals surface area contributed by atoms with Crippen molar-refractivity contribution in [3.8, 4) is 0 Å². The van der Waals surface area contributed by atoms with Gasteiger partial charge in [-0.25, -0.2) is 0 Å². The molecule has 0 amide bonds. The zero-order valence-electron chi connectivity index (χ0n) is 10.3. The van der Waals surface area contributed by atoms with Crippen LogP contribution in [0.15, 0.2) is 48.5 Å². The van der Waals surface area contributed by atoms with Crippen LogP contribution >= 0.6 is 0 Å². The number of nitro benzene ring substituents is 2. The monoisotopic (exact) mass is 270 g/mol. The van der Waals surface area contributed by atoms with E-state index in [2.05, 4.69) is 0 Å². The number of hydrogen-bond donors (Lipinski definition) is 0. The first-order chi connectivity index (χ1) is 9.59. The highest BCUT2D eigenvalue weighted by Gasteiger charge is 2.26. The van der Waals surface area contributed by atoms with Gasteiger partial charge >= 0.3 is 11.4 Å². The molecule has 0 atom stereocenters. The van der Waals surface area contributed by atoms with Crippen molar-refractivity contribution in [2.45, 2.75) is 0 Å². The van der Waals surface area contributed by atoms with Crippen molar-refractivity contribution < 1.29 is 9.85 Å². The maximum atomic E-state index is 11.0. The van der Waals surface area contributed by atoms with Gasteiger partial charge in [0.05, 0.1) is 15.4 Å². The number of rotatable bonds is 4. The van der Waals surface area contributed by atoms with Crippen molar-refractivity contribution in [2.75, 3.05) is 0 Å². The molecular formula is C14H10N2O4. The largest absolute Gasteiger partial charge is 0.353 e. The van der Waals surface area contributed by atoms with Gasteiger partial charge in [-0.15, -0.1) is 0 Å². The second-order valence-corrected chi connectivity index (χ2v) is 3.97. The molecule has 6 nitrogen and oxygen atoms in total. The lowest BCUT2D eigenvalue weighted by molar-refractivity contribution is -0.422. The summed E-state index contributed by atoms with van der Waals surface area (Å²) < 4.78 is 0. The lowest BCUT2D eigenvalue weighted by Crippen LogP contribution is -1.98. The lowest BCUT2D eigenvalue weighted by Gasteiger charge is -1.99. The Morgan fingerprint density at radius 2 is 1.50 bits per heavy atom. The number of benzene rings is 2. The topological polar surface area (TPSA) is 86.3 Å². The normalized spacial score (nSPS) is 10.6. The first-order valence-electron chi connectivity index (χ1n) is 5.74. The minimum atomic E-state index is -0.752. The molecule has 0 unspecified atom stereocenters. The van der Waals surface area contributed by atoms with E-state index in [0.29, 0.717) is 0 Å². The number of nitro groups is 2. The van der Waals surface area contributed by atoms with Crippen LogP contribution in [0.4, 0.5) is 11.4 Å². The SMILES string of the molecule is O=[N+]([O-])c1cccc(/C=C\c2ccccc2)c1[N+](=O)[O-]. The van der Waals surface area contributed by atoms with Gasteiger partial charge < -0.3 is 0 Å². The molecule has 2 aromatic carbocycles. The van der Waals surface area contributed by atoms with Crippen LogP contribution in [0.3, 0.4) is 0 Å². The summed E-state index contributed by atoms with van der Waals surface area (Å²) in [5, 5.41) is 21.9. The van der Waals surface area contributed by atoms with Crippen LogP contribution in [-0.4, -0.2) is 9.85 Å². The molecule has 2 rings (SSSR count). The summed E-state index contributed by atoms with van der Waals surface area (Å²) in [5.74, 6) is 0. The molecule has 0 N–H and O–H groups in total. The van der Waals surface area contributed by atoms with E-state index in [1.807, 2.05) is 30.3 Å². The molecule has 100 valence electrons. The Bertz CT molecular complexity index is 681. The summed E-state index contributed by atoms with van der Waals surface area (Å²) in [5.41, 5.74) is 0.0521. The van der Waals surface area contributed by atoms with E-state index in [9.17, 15) is 20.2 Å². The van der Waals surface area contributed by atoms with Gasteiger partial charge in [-0.1, -0.05) is 42.5 Å². The number of hydrogen-bond acceptors (Lipinski definition) is 4. The summed E-state index contributed by atoms with van der Waals surface area (Å²) in [6.45, 7) is 0. The minimum Gasteiger partial charge on any atom is -0.258 e. The Morgan fingerprint density at radius 1 is 0.800 bits per heavy atom. The second kappa shape index (κ2) is 5.75. The molecule has 2 aromatic rings. The molecule has 6 heteroatoms. The smallest absolute Gasteiger partial charge is 0.258 e. The second-order valence-electron chi connectivity index (χ2n) is 3.97. The molecule has 0 saturated heterocycles. The van der Waals surface area contributed by atoms with E-state index in [1.54, 1.807) is 6.08 Å². The first-order valence-corrected chi connectivity index (χ1v) is 5.74. The summed E-state index contributed by atoms with van der Waals surface area (Å²) >= 11 is 0. The zero-order chi connectivity index (χ0) is 14.5. The lowest BCUT2D eigenvalue weighted by atomic mass is 10.1. The Morgan fingerprint density at radius 3 is 2.10 bits per heavy atom. The standard InChI is InChI=1S/C14H10N2O4/c17-15(18)13-8-4-7-12(14(13)16(19)20)10-9-11-5-2-1-3-6-11/h1-10H/b10-9-. The van der Waals surface area contributed by atoms with Gasteiger partial charge in [0.25, 0.3) is 0 Å². The van der Waals surface area contributed by atoms with Crippen molar-refractivity contribution in [3.63, 3.8) is 0 Å². The van der Waals surface area contributed by atoms with E-state index in [-0.39, 0.29) is 5.56 Å². The molecule has 0 spiro atoms. The quantitative estimate of drug-likeness (QED) is 0.481.